The minimum Gasteiger partial charge on any atom is -0.322 e. The first kappa shape index (κ1) is 21.6. The van der Waals surface area contributed by atoms with Crippen molar-refractivity contribution in [2.45, 2.75) is 17.3 Å². The van der Waals surface area contributed by atoms with Gasteiger partial charge in [-0.15, -0.1) is 11.3 Å². The lowest BCUT2D eigenvalue weighted by molar-refractivity contribution is 0.177. The van der Waals surface area contributed by atoms with Gasteiger partial charge in [0.1, 0.15) is 10.0 Å². The van der Waals surface area contributed by atoms with Crippen LogP contribution in [-0.4, -0.2) is 53.4 Å². The van der Waals surface area contributed by atoms with E-state index in [4.69, 9.17) is 16.6 Å². The summed E-state index contributed by atoms with van der Waals surface area (Å²) in [5, 5.41) is 0. The Bertz CT molecular complexity index is 1330. The van der Waals surface area contributed by atoms with Crippen LogP contribution in [0, 0.1) is 0 Å². The Hall–Kier alpha value is -2.23. The number of rotatable bonds is 6. The standard InChI is InChI=1S/C23H23ClN4O2S2/c24-21-10-11-23(31-21)32(29,30)27-14-12-26(13-15-27)17-22-25-19-8-4-5-9-20(19)28(22)16-18-6-2-1-3-7-18/h1-11H,12-17H2. The van der Waals surface area contributed by atoms with Crippen molar-refractivity contribution in [3.8, 4) is 0 Å². The molecule has 166 valence electrons. The van der Waals surface area contributed by atoms with E-state index in [-0.39, 0.29) is 0 Å². The van der Waals surface area contributed by atoms with Crippen LogP contribution >= 0.6 is 22.9 Å². The molecule has 0 saturated carbocycles. The molecule has 0 bridgehead atoms. The molecule has 2 aromatic heterocycles. The number of hydrogen-bond acceptors (Lipinski definition) is 5. The quantitative estimate of drug-likeness (QED) is 0.407. The number of hydrogen-bond donors (Lipinski definition) is 0. The van der Waals surface area contributed by atoms with Gasteiger partial charge in [0, 0.05) is 32.7 Å². The number of thiophene rings is 1. The SMILES string of the molecule is O=S(=O)(c1ccc(Cl)s1)N1CCN(Cc2nc3ccccc3n2Cc2ccccc2)CC1. The maximum atomic E-state index is 12.9. The van der Waals surface area contributed by atoms with Crippen LogP contribution in [-0.2, 0) is 23.1 Å². The van der Waals surface area contributed by atoms with Gasteiger partial charge in [0.05, 0.1) is 21.9 Å². The van der Waals surface area contributed by atoms with E-state index in [1.165, 1.54) is 5.56 Å². The molecule has 4 aromatic rings. The second-order valence-electron chi connectivity index (χ2n) is 7.83. The van der Waals surface area contributed by atoms with Crippen molar-refractivity contribution in [1.29, 1.82) is 0 Å². The molecular formula is C23H23ClN4O2S2. The Morgan fingerprint density at radius 3 is 2.31 bits per heavy atom. The molecule has 0 atom stereocenters. The summed E-state index contributed by atoms with van der Waals surface area (Å²) in [4.78, 5) is 7.17. The molecule has 1 fully saturated rings. The third-order valence-corrected chi connectivity index (χ3v) is 9.35. The van der Waals surface area contributed by atoms with Gasteiger partial charge >= 0.3 is 0 Å². The molecule has 9 heteroatoms. The van der Waals surface area contributed by atoms with Crippen LogP contribution < -0.4 is 0 Å². The molecule has 1 aliphatic rings. The first-order valence-corrected chi connectivity index (χ1v) is 13.1. The van der Waals surface area contributed by atoms with Gasteiger partial charge in [-0.3, -0.25) is 4.90 Å². The Morgan fingerprint density at radius 2 is 1.59 bits per heavy atom. The van der Waals surface area contributed by atoms with Crippen molar-refractivity contribution >= 4 is 44.0 Å². The summed E-state index contributed by atoms with van der Waals surface area (Å²) in [7, 11) is -3.49. The molecule has 6 nitrogen and oxygen atoms in total. The Morgan fingerprint density at radius 1 is 0.875 bits per heavy atom. The van der Waals surface area contributed by atoms with E-state index in [1.807, 2.05) is 24.3 Å². The van der Waals surface area contributed by atoms with Gasteiger partial charge in [-0.2, -0.15) is 4.31 Å². The molecule has 0 amide bonds. The summed E-state index contributed by atoms with van der Waals surface area (Å²) in [5.74, 6) is 0.997. The van der Waals surface area contributed by atoms with Crippen molar-refractivity contribution in [3.63, 3.8) is 0 Å². The number of para-hydroxylation sites is 2. The van der Waals surface area contributed by atoms with Crippen LogP contribution in [0.5, 0.6) is 0 Å². The topological polar surface area (TPSA) is 58.4 Å². The molecule has 1 aliphatic heterocycles. The summed E-state index contributed by atoms with van der Waals surface area (Å²) in [6.07, 6.45) is 0. The molecule has 3 heterocycles. The highest BCUT2D eigenvalue weighted by atomic mass is 35.5. The normalized spacial score (nSPS) is 16.0. The molecular weight excluding hydrogens is 464 g/mol. The first-order chi connectivity index (χ1) is 15.5. The average Bonchev–Trinajstić information content (AvgIpc) is 3.39. The predicted molar refractivity (Wildman–Crippen MR) is 129 cm³/mol. The van der Waals surface area contributed by atoms with Gasteiger partial charge < -0.3 is 4.57 Å². The van der Waals surface area contributed by atoms with E-state index >= 15 is 0 Å². The van der Waals surface area contributed by atoms with Crippen LogP contribution in [0.2, 0.25) is 4.34 Å². The van der Waals surface area contributed by atoms with E-state index in [9.17, 15) is 8.42 Å². The highest BCUT2D eigenvalue weighted by Crippen LogP contribution is 2.29. The van der Waals surface area contributed by atoms with Crippen molar-refractivity contribution in [2.24, 2.45) is 0 Å². The van der Waals surface area contributed by atoms with Crippen LogP contribution in [0.4, 0.5) is 0 Å². The molecule has 0 unspecified atom stereocenters. The van der Waals surface area contributed by atoms with Crippen LogP contribution in [0.15, 0.2) is 70.9 Å². The fourth-order valence-corrected chi connectivity index (χ4v) is 7.14. The van der Waals surface area contributed by atoms with Gasteiger partial charge in [-0.05, 0) is 29.8 Å². The molecule has 0 radical (unpaired) electrons. The van der Waals surface area contributed by atoms with Gasteiger partial charge in [0.25, 0.3) is 10.0 Å². The maximum absolute atomic E-state index is 12.9. The lowest BCUT2D eigenvalue weighted by Crippen LogP contribution is -2.48. The number of fused-ring (bicyclic) bond motifs is 1. The highest BCUT2D eigenvalue weighted by molar-refractivity contribution is 7.91. The van der Waals surface area contributed by atoms with Crippen molar-refractivity contribution < 1.29 is 8.42 Å². The van der Waals surface area contributed by atoms with E-state index in [0.717, 1.165) is 34.7 Å². The summed E-state index contributed by atoms with van der Waals surface area (Å²) >= 11 is 7.05. The minimum absolute atomic E-state index is 0.306. The van der Waals surface area contributed by atoms with Crippen LogP contribution in [0.3, 0.4) is 0 Å². The van der Waals surface area contributed by atoms with Crippen LogP contribution in [0.1, 0.15) is 11.4 Å². The minimum atomic E-state index is -3.49. The zero-order chi connectivity index (χ0) is 22.1. The molecule has 0 aliphatic carbocycles. The van der Waals surface area contributed by atoms with E-state index < -0.39 is 10.0 Å². The monoisotopic (exact) mass is 486 g/mol. The fourth-order valence-electron chi connectivity index (χ4n) is 4.08. The van der Waals surface area contributed by atoms with E-state index in [2.05, 4.69) is 39.8 Å². The van der Waals surface area contributed by atoms with Gasteiger partial charge in [0.15, 0.2) is 0 Å². The summed E-state index contributed by atoms with van der Waals surface area (Å²) in [5.41, 5.74) is 3.32. The fraction of sp³-hybridized carbons (Fsp3) is 0.261. The van der Waals surface area contributed by atoms with E-state index in [0.29, 0.717) is 41.3 Å². The number of sulfonamides is 1. The molecule has 0 spiro atoms. The number of halogens is 1. The first-order valence-electron chi connectivity index (χ1n) is 10.5. The third-order valence-electron chi connectivity index (χ3n) is 5.76. The summed E-state index contributed by atoms with van der Waals surface area (Å²) in [6, 6.07) is 21.8. The zero-order valence-electron chi connectivity index (χ0n) is 17.4. The number of benzene rings is 2. The molecule has 32 heavy (non-hydrogen) atoms. The second kappa shape index (κ2) is 8.96. The highest BCUT2D eigenvalue weighted by Gasteiger charge is 2.30. The number of nitrogens with zero attached hydrogens (tertiary/aromatic N) is 4. The number of aromatic nitrogens is 2. The lowest BCUT2D eigenvalue weighted by atomic mass is 10.2. The molecule has 1 saturated heterocycles. The summed E-state index contributed by atoms with van der Waals surface area (Å²) in [6.45, 7) is 3.66. The van der Waals surface area contributed by atoms with Crippen molar-refractivity contribution in [1.82, 2.24) is 18.8 Å². The number of imidazole rings is 1. The smallest absolute Gasteiger partial charge is 0.252 e. The Kier molecular flexibility index (Phi) is 6.05. The maximum Gasteiger partial charge on any atom is 0.252 e. The number of piperazine rings is 1. The van der Waals surface area contributed by atoms with Crippen LogP contribution in [0.25, 0.3) is 11.0 Å². The van der Waals surface area contributed by atoms with Crippen molar-refractivity contribution in [3.05, 3.63) is 82.5 Å². The molecule has 2 aromatic carbocycles. The van der Waals surface area contributed by atoms with Gasteiger partial charge in [-0.25, -0.2) is 13.4 Å². The third kappa shape index (κ3) is 4.33. The molecule has 0 N–H and O–H groups in total. The lowest BCUT2D eigenvalue weighted by Gasteiger charge is -2.33. The van der Waals surface area contributed by atoms with Gasteiger partial charge in [0.2, 0.25) is 0 Å². The zero-order valence-corrected chi connectivity index (χ0v) is 19.8. The Balaban J connectivity index is 1.33. The predicted octanol–water partition coefficient (Wildman–Crippen LogP) is 4.31. The van der Waals surface area contributed by atoms with Gasteiger partial charge in [-0.1, -0.05) is 54.1 Å². The summed E-state index contributed by atoms with van der Waals surface area (Å²) < 4.78 is 30.4. The molecule has 5 rings (SSSR count). The second-order valence-corrected chi connectivity index (χ2v) is 11.7. The average molecular weight is 487 g/mol. The Labute approximate surface area is 196 Å². The van der Waals surface area contributed by atoms with E-state index in [1.54, 1.807) is 16.4 Å². The largest absolute Gasteiger partial charge is 0.322 e. The van der Waals surface area contributed by atoms with Crippen molar-refractivity contribution in [2.75, 3.05) is 26.2 Å².